The van der Waals surface area contributed by atoms with Gasteiger partial charge in [0.2, 0.25) is 6.10 Å². The molecular weight excluding hydrogens is 572 g/mol. The molecule has 3 fully saturated rings. The normalized spacial score (nSPS) is 39.0. The number of methoxy groups -OCH3 is 1. The van der Waals surface area contributed by atoms with E-state index in [0.717, 1.165) is 5.56 Å². The van der Waals surface area contributed by atoms with E-state index >= 15 is 0 Å². The van der Waals surface area contributed by atoms with Gasteiger partial charge in [0.1, 0.15) is 17.8 Å². The number of ketones is 1. The van der Waals surface area contributed by atoms with E-state index in [9.17, 15) is 24.0 Å². The molecule has 0 bridgehead atoms. The van der Waals surface area contributed by atoms with Gasteiger partial charge in [-0.05, 0) is 29.7 Å². The molecule has 4 aliphatic rings. The second-order valence-electron chi connectivity index (χ2n) is 13.4. The van der Waals surface area contributed by atoms with Crippen LogP contribution in [0.5, 0.6) is 0 Å². The van der Waals surface area contributed by atoms with Crippen LogP contribution < -0.4 is 0 Å². The zero-order valence-corrected chi connectivity index (χ0v) is 26.3. The van der Waals surface area contributed by atoms with E-state index in [0.29, 0.717) is 12.0 Å². The molecule has 2 saturated carbocycles. The molecule has 0 radical (unpaired) electrons. The fraction of sp³-hybridized carbons (Fsp3) is 0.606. The third-order valence-electron chi connectivity index (χ3n) is 10.7. The number of furan rings is 1. The topological polar surface area (TPSA) is 148 Å². The fourth-order valence-corrected chi connectivity index (χ4v) is 9.01. The summed E-state index contributed by atoms with van der Waals surface area (Å²) in [7, 11) is 1.17. The summed E-state index contributed by atoms with van der Waals surface area (Å²) in [6.45, 7) is 15.4. The van der Waals surface area contributed by atoms with Crippen molar-refractivity contribution >= 4 is 29.7 Å². The SMILES string of the molecule is C=C1C([C@@]2(C)C=CC(=O)C(C)(C)C2C(OC(C)=O)C(=O)OC)C(OC(C)=O)C(OC(C)=O)C2(C)C(c3ccoc3)C[C@H]3O[C@]132. The molecule has 0 amide bonds. The molecule has 11 heteroatoms. The van der Waals surface area contributed by atoms with Gasteiger partial charge in [-0.25, -0.2) is 4.79 Å². The average Bonchev–Trinajstić information content (AvgIpc) is 3.27. The van der Waals surface area contributed by atoms with Gasteiger partial charge in [-0.3, -0.25) is 19.2 Å². The Kier molecular flexibility index (Phi) is 7.51. The van der Waals surface area contributed by atoms with Crippen molar-refractivity contribution in [2.75, 3.05) is 7.11 Å². The summed E-state index contributed by atoms with van der Waals surface area (Å²) < 4.78 is 34.8. The smallest absolute Gasteiger partial charge is 0.347 e. The van der Waals surface area contributed by atoms with E-state index < -0.39 is 75.9 Å². The standard InChI is InChI=1S/C33H40O11/c1-16-24(31(7)12-10-22(37)30(5,6)27(31)26(29(38)39-9)42-18(3)35)25(41-17(2)34)28(43-19(4)36)32(8)21(20-11-13-40-15-20)14-23-33(16,32)44-23/h10-13,15,21,23-28H,1,14H2,2-9H3/t21?,23-,24?,25?,26?,27?,28?,31-,32?,33-/m1/s1. The Labute approximate surface area is 256 Å². The van der Waals surface area contributed by atoms with Gasteiger partial charge in [0, 0.05) is 49.4 Å². The maximum Gasteiger partial charge on any atom is 0.347 e. The van der Waals surface area contributed by atoms with E-state index in [1.54, 1.807) is 39.4 Å². The van der Waals surface area contributed by atoms with Gasteiger partial charge in [-0.1, -0.05) is 40.3 Å². The first kappa shape index (κ1) is 31.7. The zero-order valence-electron chi connectivity index (χ0n) is 26.3. The van der Waals surface area contributed by atoms with Crippen LogP contribution in [0.1, 0.15) is 66.4 Å². The Hall–Kier alpha value is -3.73. The minimum absolute atomic E-state index is 0.215. The summed E-state index contributed by atoms with van der Waals surface area (Å²) in [6, 6.07) is 1.85. The van der Waals surface area contributed by atoms with Crippen molar-refractivity contribution in [1.29, 1.82) is 0 Å². The van der Waals surface area contributed by atoms with E-state index in [1.165, 1.54) is 34.0 Å². The van der Waals surface area contributed by atoms with Crippen LogP contribution in [-0.4, -0.2) is 66.8 Å². The largest absolute Gasteiger partial charge is 0.472 e. The molecule has 7 unspecified atom stereocenters. The average molecular weight is 613 g/mol. The zero-order chi connectivity index (χ0) is 32.6. The molecule has 0 aromatic carbocycles. The number of hydrogen-bond acceptors (Lipinski definition) is 11. The molecule has 1 aromatic rings. The highest BCUT2D eigenvalue weighted by molar-refractivity contribution is 5.97. The summed E-state index contributed by atoms with van der Waals surface area (Å²) in [5.74, 6) is -5.21. The van der Waals surface area contributed by atoms with Crippen molar-refractivity contribution in [2.24, 2.45) is 28.1 Å². The molecule has 1 aromatic heterocycles. The highest BCUT2D eigenvalue weighted by atomic mass is 16.6. The fourth-order valence-electron chi connectivity index (χ4n) is 9.01. The summed E-state index contributed by atoms with van der Waals surface area (Å²) in [4.78, 5) is 64.7. The van der Waals surface area contributed by atoms with Gasteiger partial charge in [0.15, 0.2) is 5.78 Å². The van der Waals surface area contributed by atoms with E-state index in [4.69, 9.17) is 28.1 Å². The van der Waals surface area contributed by atoms with Crippen molar-refractivity contribution in [3.8, 4) is 0 Å². The molecule has 238 valence electrons. The summed E-state index contributed by atoms with van der Waals surface area (Å²) in [5, 5.41) is 0. The number of carbonyl (C=O) groups excluding carboxylic acids is 5. The predicted octanol–water partition coefficient (Wildman–Crippen LogP) is 3.85. The molecule has 10 atom stereocenters. The van der Waals surface area contributed by atoms with Gasteiger partial charge in [-0.2, -0.15) is 0 Å². The Balaban J connectivity index is 1.77. The first-order chi connectivity index (χ1) is 20.5. The molecule has 11 nitrogen and oxygen atoms in total. The minimum atomic E-state index is -1.51. The third kappa shape index (κ3) is 4.29. The number of carbonyl (C=O) groups is 5. The van der Waals surface area contributed by atoms with Gasteiger partial charge in [0.05, 0.1) is 31.2 Å². The monoisotopic (exact) mass is 612 g/mol. The lowest BCUT2D eigenvalue weighted by molar-refractivity contribution is -0.211. The minimum Gasteiger partial charge on any atom is -0.472 e. The van der Waals surface area contributed by atoms with Crippen molar-refractivity contribution in [3.63, 3.8) is 0 Å². The van der Waals surface area contributed by atoms with Gasteiger partial charge >= 0.3 is 23.9 Å². The van der Waals surface area contributed by atoms with Gasteiger partial charge in [0.25, 0.3) is 0 Å². The van der Waals surface area contributed by atoms with Crippen LogP contribution in [0.25, 0.3) is 0 Å². The van der Waals surface area contributed by atoms with Crippen LogP contribution in [-0.2, 0) is 47.7 Å². The Morgan fingerprint density at radius 1 is 1.02 bits per heavy atom. The third-order valence-corrected chi connectivity index (χ3v) is 10.7. The number of hydrogen-bond donors (Lipinski definition) is 0. The van der Waals surface area contributed by atoms with Crippen LogP contribution in [0.4, 0.5) is 0 Å². The first-order valence-electron chi connectivity index (χ1n) is 14.7. The van der Waals surface area contributed by atoms with Crippen LogP contribution >= 0.6 is 0 Å². The molecule has 1 saturated heterocycles. The summed E-state index contributed by atoms with van der Waals surface area (Å²) in [5.41, 5.74) is -3.03. The number of esters is 4. The van der Waals surface area contributed by atoms with Crippen LogP contribution in [0, 0.1) is 28.1 Å². The molecule has 5 rings (SSSR count). The number of allylic oxidation sites excluding steroid dienone is 2. The highest BCUT2D eigenvalue weighted by Crippen LogP contribution is 2.76. The van der Waals surface area contributed by atoms with Crippen molar-refractivity contribution in [1.82, 2.24) is 0 Å². The molecule has 1 spiro atoms. The highest BCUT2D eigenvalue weighted by Gasteiger charge is 2.84. The molecule has 3 aliphatic carbocycles. The molecule has 2 heterocycles. The second-order valence-corrected chi connectivity index (χ2v) is 13.4. The van der Waals surface area contributed by atoms with Crippen molar-refractivity contribution < 1.29 is 52.1 Å². The van der Waals surface area contributed by atoms with Gasteiger partial charge < -0.3 is 28.1 Å². The predicted molar refractivity (Wildman–Crippen MR) is 153 cm³/mol. The van der Waals surface area contributed by atoms with Gasteiger partial charge in [-0.15, -0.1) is 0 Å². The molecule has 1 aliphatic heterocycles. The summed E-state index contributed by atoms with van der Waals surface area (Å²) in [6.07, 6.45) is 2.88. The van der Waals surface area contributed by atoms with Crippen LogP contribution in [0.15, 0.2) is 47.3 Å². The van der Waals surface area contributed by atoms with Crippen molar-refractivity contribution in [3.05, 3.63) is 48.5 Å². The second kappa shape index (κ2) is 10.4. The maximum absolute atomic E-state index is 13.4. The maximum atomic E-state index is 13.4. The van der Waals surface area contributed by atoms with E-state index in [-0.39, 0.29) is 17.8 Å². The van der Waals surface area contributed by atoms with E-state index in [2.05, 4.69) is 6.58 Å². The van der Waals surface area contributed by atoms with E-state index in [1.807, 2.05) is 13.0 Å². The Bertz CT molecular complexity index is 1440. The molecule has 0 N–H and O–H groups in total. The number of rotatable bonds is 7. The Morgan fingerprint density at radius 2 is 1.68 bits per heavy atom. The number of ether oxygens (including phenoxy) is 5. The lowest BCUT2D eigenvalue weighted by Crippen LogP contribution is -2.67. The molecule has 44 heavy (non-hydrogen) atoms. The lowest BCUT2D eigenvalue weighted by atomic mass is 9.46. The first-order valence-corrected chi connectivity index (χ1v) is 14.7. The Morgan fingerprint density at radius 3 is 2.23 bits per heavy atom. The van der Waals surface area contributed by atoms with Crippen LogP contribution in [0.3, 0.4) is 0 Å². The summed E-state index contributed by atoms with van der Waals surface area (Å²) >= 11 is 0. The number of epoxide rings is 1. The lowest BCUT2D eigenvalue weighted by Gasteiger charge is -2.60. The van der Waals surface area contributed by atoms with Crippen molar-refractivity contribution in [2.45, 2.75) is 90.8 Å². The molecular formula is C33H40O11. The van der Waals surface area contributed by atoms with Crippen LogP contribution in [0.2, 0.25) is 0 Å². The quantitative estimate of drug-likeness (QED) is 0.191.